The van der Waals surface area contributed by atoms with Crippen molar-refractivity contribution in [1.82, 2.24) is 19.9 Å². The largest absolute Gasteiger partial charge is 0.497 e. The summed E-state index contributed by atoms with van der Waals surface area (Å²) in [6, 6.07) is 15.8. The van der Waals surface area contributed by atoms with Crippen LogP contribution >= 0.6 is 0 Å². The van der Waals surface area contributed by atoms with Crippen LogP contribution < -0.4 is 15.0 Å². The van der Waals surface area contributed by atoms with E-state index in [0.717, 1.165) is 54.2 Å². The summed E-state index contributed by atoms with van der Waals surface area (Å²) in [6.07, 6.45) is 5.11. The standard InChI is InChI=1S/C25H27N5O3/c1-29-16-13-26-23(29)22(17-7-9-19(32-2)10-8-17)28-24(31)18-11-14-30(15-12-18)25-27-20-5-3-4-6-21(20)33-25/h3-10,13,16,18,22H,11-12,14-15H2,1-2H3,(H,28,31). The Morgan fingerprint density at radius 2 is 1.91 bits per heavy atom. The minimum absolute atomic E-state index is 0.0380. The van der Waals surface area contributed by atoms with Gasteiger partial charge in [-0.15, -0.1) is 0 Å². The molecule has 1 N–H and O–H groups in total. The Bertz CT molecular complexity index is 1210. The number of piperidine rings is 1. The highest BCUT2D eigenvalue weighted by Gasteiger charge is 2.30. The predicted molar refractivity (Wildman–Crippen MR) is 125 cm³/mol. The third-order valence-corrected chi connectivity index (χ3v) is 6.27. The number of benzene rings is 2. The van der Waals surface area contributed by atoms with E-state index >= 15 is 0 Å². The molecule has 1 amide bonds. The van der Waals surface area contributed by atoms with Crippen molar-refractivity contribution in [2.24, 2.45) is 13.0 Å². The van der Waals surface area contributed by atoms with Crippen LogP contribution in [-0.4, -0.2) is 40.6 Å². The molecular formula is C25H27N5O3. The molecule has 0 radical (unpaired) electrons. The van der Waals surface area contributed by atoms with Gasteiger partial charge < -0.3 is 23.9 Å². The Kier molecular flexibility index (Phi) is 5.73. The van der Waals surface area contributed by atoms with Crippen molar-refractivity contribution in [1.29, 1.82) is 0 Å². The van der Waals surface area contributed by atoms with E-state index in [2.05, 4.69) is 20.2 Å². The molecule has 8 heteroatoms. The van der Waals surface area contributed by atoms with Crippen molar-refractivity contribution in [3.63, 3.8) is 0 Å². The van der Waals surface area contributed by atoms with E-state index < -0.39 is 0 Å². The number of methoxy groups -OCH3 is 1. The SMILES string of the molecule is COc1ccc(C(NC(=O)C2CCN(c3nc4ccccc4o3)CC2)c2nccn2C)cc1. The smallest absolute Gasteiger partial charge is 0.298 e. The number of fused-ring (bicyclic) bond motifs is 1. The summed E-state index contributed by atoms with van der Waals surface area (Å²) >= 11 is 0. The normalized spacial score (nSPS) is 15.5. The summed E-state index contributed by atoms with van der Waals surface area (Å²) < 4.78 is 13.1. The highest BCUT2D eigenvalue weighted by Crippen LogP contribution is 2.28. The maximum Gasteiger partial charge on any atom is 0.298 e. The van der Waals surface area contributed by atoms with Gasteiger partial charge in [-0.2, -0.15) is 4.98 Å². The van der Waals surface area contributed by atoms with Gasteiger partial charge in [-0.1, -0.05) is 24.3 Å². The first-order chi connectivity index (χ1) is 16.1. The lowest BCUT2D eigenvalue weighted by molar-refractivity contribution is -0.126. The Balaban J connectivity index is 1.28. The molecule has 33 heavy (non-hydrogen) atoms. The fraction of sp³-hybridized carbons (Fsp3) is 0.320. The summed E-state index contributed by atoms with van der Waals surface area (Å²) in [6.45, 7) is 1.45. The number of aromatic nitrogens is 3. The van der Waals surface area contributed by atoms with Crippen LogP contribution in [0.5, 0.6) is 5.75 Å². The van der Waals surface area contributed by atoms with Crippen LogP contribution in [0.2, 0.25) is 0 Å². The van der Waals surface area contributed by atoms with Gasteiger partial charge in [0.2, 0.25) is 5.91 Å². The minimum atomic E-state index is -0.335. The molecule has 4 aromatic rings. The fourth-order valence-corrected chi connectivity index (χ4v) is 4.34. The molecule has 1 unspecified atom stereocenters. The van der Waals surface area contributed by atoms with Crippen molar-refractivity contribution < 1.29 is 13.9 Å². The van der Waals surface area contributed by atoms with Crippen LogP contribution in [0.25, 0.3) is 11.1 Å². The maximum absolute atomic E-state index is 13.3. The summed E-state index contributed by atoms with van der Waals surface area (Å²) in [7, 11) is 3.57. The third kappa shape index (κ3) is 4.28. The minimum Gasteiger partial charge on any atom is -0.497 e. The zero-order valence-electron chi connectivity index (χ0n) is 18.8. The van der Waals surface area contributed by atoms with Gasteiger partial charge in [-0.25, -0.2) is 4.98 Å². The third-order valence-electron chi connectivity index (χ3n) is 6.27. The quantitative estimate of drug-likeness (QED) is 0.487. The number of amides is 1. The highest BCUT2D eigenvalue weighted by molar-refractivity contribution is 5.80. The average Bonchev–Trinajstić information content (AvgIpc) is 3.49. The Labute approximate surface area is 192 Å². The maximum atomic E-state index is 13.3. The molecule has 0 spiro atoms. The topological polar surface area (TPSA) is 85.4 Å². The summed E-state index contributed by atoms with van der Waals surface area (Å²) in [4.78, 5) is 24.5. The predicted octanol–water partition coefficient (Wildman–Crippen LogP) is 3.69. The Morgan fingerprint density at radius 3 is 2.58 bits per heavy atom. The van der Waals surface area contributed by atoms with Gasteiger partial charge >= 0.3 is 0 Å². The van der Waals surface area contributed by atoms with Gasteiger partial charge in [-0.05, 0) is 42.7 Å². The number of imidazole rings is 1. The van der Waals surface area contributed by atoms with E-state index in [1.807, 2.05) is 66.3 Å². The van der Waals surface area contributed by atoms with E-state index in [1.165, 1.54) is 0 Å². The molecule has 170 valence electrons. The summed E-state index contributed by atoms with van der Waals surface area (Å²) in [5, 5.41) is 3.24. The molecule has 3 heterocycles. The highest BCUT2D eigenvalue weighted by atomic mass is 16.5. The number of para-hydroxylation sites is 2. The van der Waals surface area contributed by atoms with Crippen LogP contribution in [-0.2, 0) is 11.8 Å². The number of oxazole rings is 1. The van der Waals surface area contributed by atoms with Crippen molar-refractivity contribution in [2.75, 3.05) is 25.1 Å². The van der Waals surface area contributed by atoms with Crippen LogP contribution in [0.3, 0.4) is 0 Å². The monoisotopic (exact) mass is 445 g/mol. The van der Waals surface area contributed by atoms with Gasteiger partial charge in [0.25, 0.3) is 6.01 Å². The fourth-order valence-electron chi connectivity index (χ4n) is 4.34. The van der Waals surface area contributed by atoms with E-state index in [4.69, 9.17) is 9.15 Å². The van der Waals surface area contributed by atoms with Crippen LogP contribution in [0.15, 0.2) is 65.3 Å². The lowest BCUT2D eigenvalue weighted by atomic mass is 9.95. The number of aryl methyl sites for hydroxylation is 1. The number of ether oxygens (including phenoxy) is 1. The molecule has 0 aliphatic carbocycles. The first-order valence-electron chi connectivity index (χ1n) is 11.1. The molecule has 2 aromatic heterocycles. The van der Waals surface area contributed by atoms with Gasteiger partial charge in [0, 0.05) is 38.4 Å². The van der Waals surface area contributed by atoms with E-state index in [-0.39, 0.29) is 17.9 Å². The van der Waals surface area contributed by atoms with Crippen LogP contribution in [0.4, 0.5) is 6.01 Å². The summed E-state index contributed by atoms with van der Waals surface area (Å²) in [5.41, 5.74) is 2.59. The van der Waals surface area contributed by atoms with Crippen LogP contribution in [0, 0.1) is 5.92 Å². The molecular weight excluding hydrogens is 418 g/mol. The Morgan fingerprint density at radius 1 is 1.15 bits per heavy atom. The van der Waals surface area contributed by atoms with Gasteiger partial charge in [-0.3, -0.25) is 4.79 Å². The molecule has 2 aromatic carbocycles. The number of carbonyl (C=O) groups excluding carboxylic acids is 1. The zero-order chi connectivity index (χ0) is 22.8. The zero-order valence-corrected chi connectivity index (χ0v) is 18.8. The van der Waals surface area contributed by atoms with Crippen molar-refractivity contribution in [3.8, 4) is 5.75 Å². The summed E-state index contributed by atoms with van der Waals surface area (Å²) in [5.74, 6) is 1.52. The van der Waals surface area contributed by atoms with Crippen molar-refractivity contribution in [3.05, 3.63) is 72.3 Å². The number of nitrogens with zero attached hydrogens (tertiary/aromatic N) is 4. The number of hydrogen-bond donors (Lipinski definition) is 1. The molecule has 1 aliphatic rings. The molecule has 1 atom stereocenters. The average molecular weight is 446 g/mol. The number of anilines is 1. The van der Waals surface area contributed by atoms with E-state index in [0.29, 0.717) is 6.01 Å². The Hall–Kier alpha value is -3.81. The molecule has 5 rings (SSSR count). The van der Waals surface area contributed by atoms with Gasteiger partial charge in [0.05, 0.1) is 7.11 Å². The molecule has 1 fully saturated rings. The number of hydrogen-bond acceptors (Lipinski definition) is 6. The van der Waals surface area contributed by atoms with Crippen LogP contribution in [0.1, 0.15) is 30.3 Å². The van der Waals surface area contributed by atoms with Gasteiger partial charge in [0.1, 0.15) is 23.1 Å². The molecule has 1 aliphatic heterocycles. The van der Waals surface area contributed by atoms with Gasteiger partial charge in [0.15, 0.2) is 5.58 Å². The van der Waals surface area contributed by atoms with E-state index in [9.17, 15) is 4.79 Å². The molecule has 0 bridgehead atoms. The first-order valence-corrected chi connectivity index (χ1v) is 11.1. The van der Waals surface area contributed by atoms with Crippen molar-refractivity contribution >= 4 is 23.0 Å². The number of nitrogens with one attached hydrogen (secondary N) is 1. The van der Waals surface area contributed by atoms with E-state index in [1.54, 1.807) is 13.3 Å². The molecule has 8 nitrogen and oxygen atoms in total. The van der Waals surface area contributed by atoms with Crippen molar-refractivity contribution in [2.45, 2.75) is 18.9 Å². The molecule has 0 saturated carbocycles. The number of carbonyl (C=O) groups is 1. The second kappa shape index (κ2) is 8.97. The first kappa shape index (κ1) is 21.1. The lowest BCUT2D eigenvalue weighted by Gasteiger charge is -2.31. The number of rotatable bonds is 6. The lowest BCUT2D eigenvalue weighted by Crippen LogP contribution is -2.42. The molecule has 1 saturated heterocycles. The second-order valence-corrected chi connectivity index (χ2v) is 8.34. The second-order valence-electron chi connectivity index (χ2n) is 8.34.